The topological polar surface area (TPSA) is 20.2 Å². The molecule has 6 heteroatoms. The molecule has 2 unspecified atom stereocenters. The van der Waals surface area contributed by atoms with Gasteiger partial charge in [-0.3, -0.25) is 4.39 Å². The van der Waals surface area contributed by atoms with Crippen LogP contribution in [0.3, 0.4) is 0 Å². The zero-order valence-corrected chi connectivity index (χ0v) is 14.3. The fourth-order valence-corrected chi connectivity index (χ4v) is 1.65. The van der Waals surface area contributed by atoms with Crippen molar-refractivity contribution in [1.82, 2.24) is 0 Å². The van der Waals surface area contributed by atoms with E-state index in [0.29, 0.717) is 0 Å². The van der Waals surface area contributed by atoms with Gasteiger partial charge in [0.15, 0.2) is 5.92 Å². The Labute approximate surface area is 73.7 Å². The van der Waals surface area contributed by atoms with Gasteiger partial charge in [0.25, 0.3) is 0 Å². The molecule has 1 nitrogen and oxygen atoms in total. The van der Waals surface area contributed by atoms with Crippen molar-refractivity contribution in [3.8, 4) is 0 Å². The first-order chi connectivity index (χ1) is 5.88. The maximum atomic E-state index is 13.6. The van der Waals surface area contributed by atoms with Crippen molar-refractivity contribution < 1.29 is 22.7 Å². The summed E-state index contributed by atoms with van der Waals surface area (Å²) in [4.78, 5) is 0. The summed E-state index contributed by atoms with van der Waals surface area (Å²) >= 11 is 0. The quantitative estimate of drug-likeness (QED) is 0.491. The summed E-state index contributed by atoms with van der Waals surface area (Å²) < 4.78 is 51.6. The molecule has 0 aromatic carbocycles. The Morgan fingerprint density at radius 2 is 1.93 bits per heavy atom. The van der Waals surface area contributed by atoms with Crippen molar-refractivity contribution in [1.29, 1.82) is 0 Å². The number of alkyl halides is 4. The monoisotopic (exact) mass is 466 g/mol. The number of rotatable bonds is 2. The average Bonchev–Trinajstić information content (AvgIpc) is 2.20. The van der Waals surface area contributed by atoms with E-state index >= 15 is 0 Å². The molecular formula is C8H11F4ORf-. The Kier molecular flexibility index (Phi) is 3.12. The van der Waals surface area contributed by atoms with Crippen LogP contribution in [0.5, 0.6) is 0 Å². The van der Waals surface area contributed by atoms with Gasteiger partial charge in [-0.25, -0.2) is 13.2 Å². The van der Waals surface area contributed by atoms with Crippen LogP contribution < -0.4 is 0 Å². The van der Waals surface area contributed by atoms with E-state index in [1.807, 2.05) is 0 Å². The molecule has 0 aliphatic heterocycles. The standard InChI is InChI=1S/C8H11F4O.Rf/c1-2-7(10)3-6(13)8(11,12)5(7)4-9;/h5,13H,2-4H2,1H3;/q-1;. The van der Waals surface area contributed by atoms with Crippen molar-refractivity contribution in [3.05, 3.63) is 6.10 Å². The Morgan fingerprint density at radius 3 is 2.21 bits per heavy atom. The fraction of sp³-hybridized carbons (Fsp3) is 0.875. The van der Waals surface area contributed by atoms with Gasteiger partial charge in [0, 0.05) is 0 Å². The van der Waals surface area contributed by atoms with Crippen LogP contribution in [0.15, 0.2) is 0 Å². The van der Waals surface area contributed by atoms with Gasteiger partial charge in [-0.05, 0) is 6.42 Å². The molecule has 0 heterocycles. The number of aliphatic hydroxyl groups is 1. The summed E-state index contributed by atoms with van der Waals surface area (Å²) in [7, 11) is 0. The molecule has 1 N–H and O–H groups in total. The molecule has 0 saturated heterocycles. The third kappa shape index (κ3) is 1.41. The predicted octanol–water partition coefficient (Wildman–Crippen LogP) is 2.63. The Bertz CT molecular complexity index is 202. The molecular weight excluding hydrogens is 455 g/mol. The van der Waals surface area contributed by atoms with Crippen LogP contribution in [0.25, 0.3) is 0 Å². The molecule has 0 aromatic heterocycles. The molecule has 1 aliphatic carbocycles. The van der Waals surface area contributed by atoms with Crippen molar-refractivity contribution in [2.45, 2.75) is 31.4 Å². The second kappa shape index (κ2) is 3.44. The second-order valence-corrected chi connectivity index (χ2v) is 3.34. The predicted molar refractivity (Wildman–Crippen MR) is 38.3 cm³/mol. The summed E-state index contributed by atoms with van der Waals surface area (Å²) in [5, 5.41) is 8.79. The van der Waals surface area contributed by atoms with Crippen LogP contribution >= 0.6 is 0 Å². The van der Waals surface area contributed by atoms with E-state index in [9.17, 15) is 17.6 Å². The molecule has 14 heavy (non-hydrogen) atoms. The average molecular weight is 466 g/mol. The van der Waals surface area contributed by atoms with Gasteiger partial charge in [-0.2, -0.15) is 0 Å². The second-order valence-electron chi connectivity index (χ2n) is 3.34. The number of halogens is 4. The van der Waals surface area contributed by atoms with Crippen LogP contribution in [0.2, 0.25) is 0 Å². The zero-order chi connectivity index (χ0) is 10.3. The molecule has 1 aliphatic rings. The van der Waals surface area contributed by atoms with E-state index in [-0.39, 0.29) is 6.42 Å². The molecule has 80 valence electrons. The molecule has 0 radical (unpaired) electrons. The normalized spacial score (nSPS) is 36.9. The molecule has 1 fully saturated rings. The van der Waals surface area contributed by atoms with Crippen molar-refractivity contribution in [2.75, 3.05) is 6.67 Å². The van der Waals surface area contributed by atoms with Crippen LogP contribution in [-0.2, 0) is 0 Å². The van der Waals surface area contributed by atoms with E-state index in [2.05, 4.69) is 0 Å². The third-order valence-corrected chi connectivity index (χ3v) is 2.65. The first kappa shape index (κ1) is 12.7. The Balaban J connectivity index is 0.00000169. The molecule has 0 aromatic rings. The molecule has 1 saturated carbocycles. The van der Waals surface area contributed by atoms with E-state index in [0.717, 1.165) is 0 Å². The molecule has 0 spiro atoms. The van der Waals surface area contributed by atoms with Crippen LogP contribution in [0.4, 0.5) is 17.6 Å². The summed E-state index contributed by atoms with van der Waals surface area (Å²) in [6.07, 6.45) is -2.22. The van der Waals surface area contributed by atoms with Crippen LogP contribution in [0, 0.1) is 12.0 Å². The number of aliphatic hydroxyl groups excluding tert-OH is 1. The van der Waals surface area contributed by atoms with Crippen molar-refractivity contribution in [2.24, 2.45) is 5.92 Å². The van der Waals surface area contributed by atoms with E-state index < -0.39 is 36.7 Å². The molecule has 0 bridgehead atoms. The fourth-order valence-electron chi connectivity index (χ4n) is 1.65. The first-order valence-electron chi connectivity index (χ1n) is 4.06. The van der Waals surface area contributed by atoms with E-state index in [1.165, 1.54) is 6.92 Å². The van der Waals surface area contributed by atoms with Gasteiger partial charge >= 0.3 is 0 Å². The minimum absolute atomic E-state index is 0. The summed E-state index contributed by atoms with van der Waals surface area (Å²) in [5.74, 6) is -5.76. The Morgan fingerprint density at radius 1 is 1.43 bits per heavy atom. The van der Waals surface area contributed by atoms with Gasteiger partial charge in [0.1, 0.15) is 0 Å². The van der Waals surface area contributed by atoms with E-state index in [4.69, 9.17) is 5.11 Å². The van der Waals surface area contributed by atoms with Crippen molar-refractivity contribution >= 4 is 0 Å². The van der Waals surface area contributed by atoms with Gasteiger partial charge in [-0.15, -0.1) is 12.5 Å². The van der Waals surface area contributed by atoms with Crippen molar-refractivity contribution in [3.63, 3.8) is 0 Å². The molecule has 1 rings (SSSR count). The summed E-state index contributed by atoms with van der Waals surface area (Å²) in [5.41, 5.74) is -2.30. The third-order valence-electron chi connectivity index (χ3n) is 2.65. The smallest absolute Gasteiger partial charge is 0.164 e. The minimum atomic E-state index is -3.72. The summed E-state index contributed by atoms with van der Waals surface area (Å²) in [6.45, 7) is -0.0985. The zero-order valence-electron chi connectivity index (χ0n) is 7.86. The number of hydrogen-bond acceptors (Lipinski definition) is 1. The number of hydrogen-bond donors (Lipinski definition) is 1. The largest absolute Gasteiger partial charge is 0.557 e. The molecule has 2 atom stereocenters. The first-order valence-corrected chi connectivity index (χ1v) is 4.06. The van der Waals surface area contributed by atoms with Gasteiger partial charge in [0.2, 0.25) is 0 Å². The van der Waals surface area contributed by atoms with Gasteiger partial charge in [0.05, 0.1) is 18.3 Å². The minimum Gasteiger partial charge on any atom is -0.557 e. The maximum absolute atomic E-state index is 13.6. The van der Waals surface area contributed by atoms with Crippen LogP contribution in [-0.4, -0.2) is 23.4 Å². The van der Waals surface area contributed by atoms with Gasteiger partial charge in [-0.1, -0.05) is 6.92 Å². The van der Waals surface area contributed by atoms with E-state index in [1.54, 1.807) is 0 Å². The SMILES string of the molecule is CCC1(F)C[C-](O)C(F)(F)C1CF.[Rf]. The molecule has 0 amide bonds. The summed E-state index contributed by atoms with van der Waals surface area (Å²) in [6, 6.07) is 0. The van der Waals surface area contributed by atoms with Crippen LogP contribution in [0.1, 0.15) is 19.8 Å². The van der Waals surface area contributed by atoms with Gasteiger partial charge < -0.3 is 5.11 Å². The Hall–Kier alpha value is -1.32. The maximum Gasteiger partial charge on any atom is 0.164 e.